The lowest BCUT2D eigenvalue weighted by atomic mass is 9.74. The van der Waals surface area contributed by atoms with Crippen LogP contribution in [0.2, 0.25) is 0 Å². The molecule has 5 rings (SSSR count). The minimum atomic E-state index is -0.583. The maximum absolute atomic E-state index is 13.5. The zero-order valence-corrected chi connectivity index (χ0v) is 17.3. The van der Waals surface area contributed by atoms with Crippen molar-refractivity contribution in [3.8, 4) is 0 Å². The minimum absolute atomic E-state index is 0.0307. The third kappa shape index (κ3) is 2.24. The van der Waals surface area contributed by atoms with E-state index in [2.05, 4.69) is 0 Å². The molecule has 1 aliphatic carbocycles. The van der Waals surface area contributed by atoms with Gasteiger partial charge in [-0.1, -0.05) is 42.5 Å². The van der Waals surface area contributed by atoms with Crippen LogP contribution in [0.5, 0.6) is 0 Å². The fourth-order valence-corrected chi connectivity index (χ4v) is 4.81. The van der Waals surface area contributed by atoms with Crippen LogP contribution in [-0.2, 0) is 14.1 Å². The van der Waals surface area contributed by atoms with Crippen molar-refractivity contribution in [1.29, 1.82) is 0 Å². The fraction of sp³-hybridized carbons (Fsp3) is 0.250. The first-order chi connectivity index (χ1) is 14.3. The highest BCUT2D eigenvalue weighted by Crippen LogP contribution is 2.47. The van der Waals surface area contributed by atoms with Crippen LogP contribution in [0, 0.1) is 19.8 Å². The number of hydrogen-bond acceptors (Lipinski definition) is 4. The Bertz CT molecular complexity index is 1410. The molecule has 0 N–H and O–H groups in total. The molecule has 2 atom stereocenters. The molecule has 1 aromatic heterocycles. The zero-order valence-electron chi connectivity index (χ0n) is 17.3. The number of carbonyl (C=O) groups excluding carboxylic acids is 1. The van der Waals surface area contributed by atoms with Gasteiger partial charge in [0.15, 0.2) is 5.78 Å². The van der Waals surface area contributed by atoms with Crippen molar-refractivity contribution >= 4 is 17.3 Å². The highest BCUT2D eigenvalue weighted by molar-refractivity contribution is 6.30. The van der Waals surface area contributed by atoms with Crippen molar-refractivity contribution in [2.24, 2.45) is 25.0 Å². The Balaban J connectivity index is 1.94. The fourth-order valence-electron chi connectivity index (χ4n) is 4.81. The van der Waals surface area contributed by atoms with Crippen LogP contribution < -0.4 is 11.2 Å². The van der Waals surface area contributed by atoms with Gasteiger partial charge < -0.3 is 0 Å². The Hall–Kier alpha value is -3.54. The van der Waals surface area contributed by atoms with Gasteiger partial charge in [0.05, 0.1) is 17.2 Å². The van der Waals surface area contributed by atoms with Crippen molar-refractivity contribution in [3.05, 3.63) is 96.7 Å². The first kappa shape index (κ1) is 18.5. The molecule has 6 nitrogen and oxygen atoms in total. The van der Waals surface area contributed by atoms with Crippen molar-refractivity contribution in [3.63, 3.8) is 0 Å². The summed E-state index contributed by atoms with van der Waals surface area (Å²) in [5, 5.41) is 0. The maximum Gasteiger partial charge on any atom is 0.332 e. The van der Waals surface area contributed by atoms with Gasteiger partial charge in [-0.05, 0) is 30.5 Å². The second-order valence-corrected chi connectivity index (χ2v) is 8.09. The summed E-state index contributed by atoms with van der Waals surface area (Å²) in [6, 6.07) is 13.3. The number of Topliss-reactive ketones (excluding diaryl/α,β-unsaturated/α-hetero) is 1. The monoisotopic (exact) mass is 399 g/mol. The SMILES string of the molecule is Cc1cccc([C@H]2c3c(n(C)c(=O)n(C)c3=O)N=C3c4ccccc4C(=O)[C@H]32)c1C. The molecular weight excluding hydrogens is 378 g/mol. The summed E-state index contributed by atoms with van der Waals surface area (Å²) < 4.78 is 2.51. The van der Waals surface area contributed by atoms with Crippen LogP contribution in [0.25, 0.3) is 0 Å². The number of aryl methyl sites for hydroxylation is 1. The molecule has 0 amide bonds. The number of aliphatic imine (C=N–C) groups is 1. The number of fused-ring (bicyclic) bond motifs is 4. The molecule has 6 heteroatoms. The van der Waals surface area contributed by atoms with Gasteiger partial charge in [-0.3, -0.25) is 18.7 Å². The van der Waals surface area contributed by atoms with E-state index in [0.717, 1.165) is 26.8 Å². The lowest BCUT2D eigenvalue weighted by molar-refractivity contribution is 0.0953. The van der Waals surface area contributed by atoms with Crippen molar-refractivity contribution < 1.29 is 4.79 Å². The molecule has 0 bridgehead atoms. The van der Waals surface area contributed by atoms with Gasteiger partial charge in [0.25, 0.3) is 5.56 Å². The predicted octanol–water partition coefficient (Wildman–Crippen LogP) is 2.78. The van der Waals surface area contributed by atoms with Crippen LogP contribution in [0.1, 0.15) is 44.1 Å². The molecule has 150 valence electrons. The Morgan fingerprint density at radius 3 is 2.27 bits per heavy atom. The molecule has 1 aliphatic heterocycles. The van der Waals surface area contributed by atoms with Crippen LogP contribution >= 0.6 is 0 Å². The van der Waals surface area contributed by atoms with E-state index >= 15 is 0 Å². The number of nitrogens with zero attached hydrogens (tertiary/aromatic N) is 3. The second kappa shape index (κ2) is 6.23. The second-order valence-electron chi connectivity index (χ2n) is 8.09. The third-order valence-corrected chi connectivity index (χ3v) is 6.57. The van der Waals surface area contributed by atoms with Gasteiger partial charge in [0.1, 0.15) is 5.82 Å². The Morgan fingerprint density at radius 2 is 1.53 bits per heavy atom. The highest BCUT2D eigenvalue weighted by atomic mass is 16.2. The molecule has 2 aromatic carbocycles. The summed E-state index contributed by atoms with van der Waals surface area (Å²) in [4.78, 5) is 44.2. The van der Waals surface area contributed by atoms with Crippen LogP contribution in [0.4, 0.5) is 5.82 Å². The molecule has 0 saturated heterocycles. The highest BCUT2D eigenvalue weighted by Gasteiger charge is 2.48. The van der Waals surface area contributed by atoms with Crippen molar-refractivity contribution in [2.75, 3.05) is 0 Å². The standard InChI is InChI=1S/C24H21N3O3/c1-12-8-7-11-14(13(12)2)17-18-20(15-9-5-6-10-16(15)21(18)28)25-22-19(17)23(29)27(4)24(30)26(22)3/h5-11,17-18H,1-4H3/t17-,18+/m1/s1. The summed E-state index contributed by atoms with van der Waals surface area (Å²) >= 11 is 0. The van der Waals surface area contributed by atoms with Crippen LogP contribution in [0.3, 0.4) is 0 Å². The molecule has 0 fully saturated rings. The topological polar surface area (TPSA) is 73.4 Å². The van der Waals surface area contributed by atoms with E-state index in [4.69, 9.17) is 4.99 Å². The summed E-state index contributed by atoms with van der Waals surface area (Å²) in [5.41, 5.74) is 4.65. The smallest absolute Gasteiger partial charge is 0.293 e. The van der Waals surface area contributed by atoms with Gasteiger partial charge in [0.2, 0.25) is 0 Å². The molecule has 2 heterocycles. The molecule has 0 saturated carbocycles. The van der Waals surface area contributed by atoms with E-state index in [0.29, 0.717) is 22.7 Å². The van der Waals surface area contributed by atoms with Crippen molar-refractivity contribution in [2.45, 2.75) is 19.8 Å². The summed E-state index contributed by atoms with van der Waals surface area (Å²) in [5.74, 6) is -0.778. The Kier molecular flexibility index (Phi) is 3.84. The van der Waals surface area contributed by atoms with Crippen LogP contribution in [0.15, 0.2) is 57.0 Å². The third-order valence-electron chi connectivity index (χ3n) is 6.57. The Labute approximate surface area is 173 Å². The number of rotatable bonds is 1. The molecule has 0 radical (unpaired) electrons. The number of ketones is 1. The summed E-state index contributed by atoms with van der Waals surface area (Å²) in [6.07, 6.45) is 0. The summed E-state index contributed by atoms with van der Waals surface area (Å²) in [7, 11) is 3.09. The van der Waals surface area contributed by atoms with E-state index in [9.17, 15) is 14.4 Å². The van der Waals surface area contributed by atoms with E-state index in [1.807, 2.05) is 50.2 Å². The maximum atomic E-state index is 13.5. The molecule has 2 aliphatic rings. The van der Waals surface area contributed by atoms with E-state index in [1.54, 1.807) is 13.1 Å². The average Bonchev–Trinajstić information content (AvgIpc) is 3.04. The number of aromatic nitrogens is 2. The first-order valence-electron chi connectivity index (χ1n) is 9.91. The van der Waals surface area contributed by atoms with Gasteiger partial charge in [-0.25, -0.2) is 9.79 Å². The minimum Gasteiger partial charge on any atom is -0.293 e. The van der Waals surface area contributed by atoms with Gasteiger partial charge in [-0.15, -0.1) is 0 Å². The lowest BCUT2D eigenvalue weighted by Gasteiger charge is -2.31. The van der Waals surface area contributed by atoms with E-state index < -0.39 is 23.1 Å². The number of carbonyl (C=O) groups is 1. The van der Waals surface area contributed by atoms with Gasteiger partial charge in [0, 0.05) is 31.1 Å². The molecule has 0 spiro atoms. The lowest BCUT2D eigenvalue weighted by Crippen LogP contribution is -2.43. The molecule has 30 heavy (non-hydrogen) atoms. The molecular formula is C24H21N3O3. The van der Waals surface area contributed by atoms with Crippen molar-refractivity contribution in [1.82, 2.24) is 9.13 Å². The normalized spacial score (nSPS) is 19.2. The van der Waals surface area contributed by atoms with Gasteiger partial charge in [-0.2, -0.15) is 0 Å². The molecule has 0 unspecified atom stereocenters. The van der Waals surface area contributed by atoms with Gasteiger partial charge >= 0.3 is 5.69 Å². The number of hydrogen-bond donors (Lipinski definition) is 0. The Morgan fingerprint density at radius 1 is 0.833 bits per heavy atom. The molecule has 3 aromatic rings. The summed E-state index contributed by atoms with van der Waals surface area (Å²) in [6.45, 7) is 4.02. The largest absolute Gasteiger partial charge is 0.332 e. The predicted molar refractivity (Wildman–Crippen MR) is 115 cm³/mol. The quantitative estimate of drug-likeness (QED) is 0.632. The van der Waals surface area contributed by atoms with Crippen LogP contribution in [-0.4, -0.2) is 20.6 Å². The average molecular weight is 399 g/mol. The van der Waals surface area contributed by atoms with E-state index in [-0.39, 0.29) is 5.78 Å². The van der Waals surface area contributed by atoms with E-state index in [1.165, 1.54) is 11.6 Å². The first-order valence-corrected chi connectivity index (χ1v) is 9.91. The number of benzene rings is 2. The zero-order chi connectivity index (χ0) is 21.3.